The summed E-state index contributed by atoms with van der Waals surface area (Å²) in [5.74, 6) is 0.661. The molecule has 0 aliphatic heterocycles. The van der Waals surface area contributed by atoms with Gasteiger partial charge in [-0.2, -0.15) is 4.52 Å². The molecular weight excluding hydrogens is 255 g/mol. The first-order valence-electron chi connectivity index (χ1n) is 4.13. The SMILES string of the molecule is Cc1nc2c3cc(Cl)sc3nc(Cl)n2n1. The Morgan fingerprint density at radius 1 is 1.33 bits per heavy atom. The lowest BCUT2D eigenvalue weighted by Crippen LogP contribution is -1.92. The molecule has 0 saturated carbocycles. The van der Waals surface area contributed by atoms with E-state index in [0.29, 0.717) is 21.1 Å². The van der Waals surface area contributed by atoms with Crippen molar-refractivity contribution in [2.24, 2.45) is 0 Å². The Morgan fingerprint density at radius 2 is 2.13 bits per heavy atom. The number of hydrogen-bond acceptors (Lipinski definition) is 4. The van der Waals surface area contributed by atoms with E-state index in [0.717, 1.165) is 10.2 Å². The molecule has 3 aromatic rings. The Morgan fingerprint density at radius 3 is 2.93 bits per heavy atom. The summed E-state index contributed by atoms with van der Waals surface area (Å²) in [4.78, 5) is 9.27. The first-order chi connectivity index (χ1) is 7.15. The number of rotatable bonds is 0. The number of thiophene rings is 1. The smallest absolute Gasteiger partial charge is 0.211 e. The Kier molecular flexibility index (Phi) is 1.89. The van der Waals surface area contributed by atoms with E-state index in [1.54, 1.807) is 0 Å². The van der Waals surface area contributed by atoms with Crippen molar-refractivity contribution in [3.63, 3.8) is 0 Å². The van der Waals surface area contributed by atoms with Crippen LogP contribution in [0.4, 0.5) is 0 Å². The van der Waals surface area contributed by atoms with Crippen molar-refractivity contribution < 1.29 is 0 Å². The summed E-state index contributed by atoms with van der Waals surface area (Å²) in [6.07, 6.45) is 0. The monoisotopic (exact) mass is 258 g/mol. The van der Waals surface area contributed by atoms with Crippen molar-refractivity contribution >= 4 is 50.4 Å². The van der Waals surface area contributed by atoms with Crippen molar-refractivity contribution in [1.29, 1.82) is 0 Å². The van der Waals surface area contributed by atoms with E-state index in [1.807, 2.05) is 13.0 Å². The van der Waals surface area contributed by atoms with Gasteiger partial charge in [0.25, 0.3) is 0 Å². The fourth-order valence-electron chi connectivity index (χ4n) is 1.44. The highest BCUT2D eigenvalue weighted by Crippen LogP contribution is 2.31. The van der Waals surface area contributed by atoms with E-state index in [2.05, 4.69) is 15.1 Å². The molecule has 0 amide bonds. The number of nitrogens with zero attached hydrogens (tertiary/aromatic N) is 4. The predicted molar refractivity (Wildman–Crippen MR) is 60.9 cm³/mol. The van der Waals surface area contributed by atoms with Crippen LogP contribution in [0.25, 0.3) is 15.9 Å². The topological polar surface area (TPSA) is 43.1 Å². The number of fused-ring (bicyclic) bond motifs is 3. The third kappa shape index (κ3) is 1.31. The third-order valence-electron chi connectivity index (χ3n) is 2.00. The quantitative estimate of drug-likeness (QED) is 0.583. The van der Waals surface area contributed by atoms with Crippen molar-refractivity contribution in [1.82, 2.24) is 19.6 Å². The van der Waals surface area contributed by atoms with E-state index >= 15 is 0 Å². The van der Waals surface area contributed by atoms with E-state index in [4.69, 9.17) is 23.2 Å². The summed E-state index contributed by atoms with van der Waals surface area (Å²) < 4.78 is 2.18. The number of hydrogen-bond donors (Lipinski definition) is 0. The number of aromatic nitrogens is 4. The van der Waals surface area contributed by atoms with Gasteiger partial charge >= 0.3 is 0 Å². The van der Waals surface area contributed by atoms with Crippen LogP contribution < -0.4 is 0 Å². The lowest BCUT2D eigenvalue weighted by atomic mass is 10.4. The second-order valence-corrected chi connectivity index (χ2v) is 5.04. The molecular formula is C8H4Cl2N4S. The normalized spacial score (nSPS) is 11.7. The first-order valence-corrected chi connectivity index (χ1v) is 5.70. The zero-order valence-corrected chi connectivity index (χ0v) is 9.86. The van der Waals surface area contributed by atoms with Gasteiger partial charge < -0.3 is 0 Å². The highest BCUT2D eigenvalue weighted by atomic mass is 35.5. The van der Waals surface area contributed by atoms with Crippen LogP contribution in [0.2, 0.25) is 9.62 Å². The van der Waals surface area contributed by atoms with Gasteiger partial charge in [0.2, 0.25) is 5.28 Å². The second-order valence-electron chi connectivity index (χ2n) is 3.04. The Labute approximate surface area is 98.5 Å². The van der Waals surface area contributed by atoms with Gasteiger partial charge in [-0.1, -0.05) is 11.6 Å². The lowest BCUT2D eigenvalue weighted by Gasteiger charge is -1.94. The molecule has 15 heavy (non-hydrogen) atoms. The summed E-state index contributed by atoms with van der Waals surface area (Å²) in [6.45, 7) is 1.81. The molecule has 0 radical (unpaired) electrons. The molecule has 3 aromatic heterocycles. The fourth-order valence-corrected chi connectivity index (χ4v) is 2.78. The molecule has 0 bridgehead atoms. The minimum atomic E-state index is 0.302. The van der Waals surface area contributed by atoms with Crippen LogP contribution in [-0.2, 0) is 0 Å². The molecule has 0 N–H and O–H groups in total. The molecule has 0 aromatic carbocycles. The van der Waals surface area contributed by atoms with Crippen LogP contribution >= 0.6 is 34.5 Å². The summed E-state index contributed by atoms with van der Waals surface area (Å²) in [5.41, 5.74) is 0.700. The molecule has 7 heteroatoms. The van der Waals surface area contributed by atoms with Gasteiger partial charge in [-0.25, -0.2) is 9.97 Å². The van der Waals surface area contributed by atoms with Gasteiger partial charge in [0, 0.05) is 0 Å². The average molecular weight is 259 g/mol. The molecule has 0 unspecified atom stereocenters. The van der Waals surface area contributed by atoms with Gasteiger partial charge in [0.05, 0.1) is 9.72 Å². The highest BCUT2D eigenvalue weighted by molar-refractivity contribution is 7.22. The predicted octanol–water partition coefficient (Wildman–Crippen LogP) is 2.95. The maximum Gasteiger partial charge on any atom is 0.227 e. The zero-order chi connectivity index (χ0) is 10.6. The van der Waals surface area contributed by atoms with E-state index in [-0.39, 0.29) is 0 Å². The molecule has 3 heterocycles. The standard InChI is InChI=1S/C8H4Cl2N4S/c1-3-11-6-4-2-5(9)15-7(4)12-8(10)14(6)13-3/h2H,1H3. The van der Waals surface area contributed by atoms with Gasteiger partial charge in [-0.05, 0) is 24.6 Å². The van der Waals surface area contributed by atoms with Crippen molar-refractivity contribution in [2.45, 2.75) is 6.92 Å². The van der Waals surface area contributed by atoms with Crippen molar-refractivity contribution in [3.05, 3.63) is 21.5 Å². The maximum atomic E-state index is 5.97. The van der Waals surface area contributed by atoms with Crippen LogP contribution in [0.15, 0.2) is 6.07 Å². The largest absolute Gasteiger partial charge is 0.227 e. The third-order valence-corrected chi connectivity index (χ3v) is 3.41. The van der Waals surface area contributed by atoms with Crippen LogP contribution in [0.5, 0.6) is 0 Å². The van der Waals surface area contributed by atoms with Gasteiger partial charge in [-0.15, -0.1) is 16.4 Å². The van der Waals surface area contributed by atoms with Gasteiger partial charge in [0.15, 0.2) is 5.65 Å². The van der Waals surface area contributed by atoms with Crippen LogP contribution in [0, 0.1) is 6.92 Å². The lowest BCUT2D eigenvalue weighted by molar-refractivity contribution is 0.911. The molecule has 0 saturated heterocycles. The fraction of sp³-hybridized carbons (Fsp3) is 0.125. The van der Waals surface area contributed by atoms with E-state index in [9.17, 15) is 0 Å². The number of aryl methyl sites for hydroxylation is 1. The van der Waals surface area contributed by atoms with E-state index in [1.165, 1.54) is 15.9 Å². The summed E-state index contributed by atoms with van der Waals surface area (Å²) >= 11 is 13.3. The molecule has 0 spiro atoms. The molecule has 0 atom stereocenters. The van der Waals surface area contributed by atoms with E-state index < -0.39 is 0 Å². The summed E-state index contributed by atoms with van der Waals surface area (Å²) in [6, 6.07) is 1.83. The summed E-state index contributed by atoms with van der Waals surface area (Å²) in [5, 5.41) is 5.33. The maximum absolute atomic E-state index is 5.97. The first kappa shape index (κ1) is 9.33. The molecule has 3 rings (SSSR count). The second kappa shape index (κ2) is 3.04. The minimum absolute atomic E-state index is 0.302. The Balaban J connectivity index is 2.61. The van der Waals surface area contributed by atoms with Crippen molar-refractivity contribution in [3.8, 4) is 0 Å². The minimum Gasteiger partial charge on any atom is -0.211 e. The van der Waals surface area contributed by atoms with Gasteiger partial charge in [0.1, 0.15) is 10.7 Å². The Hall–Kier alpha value is -0.910. The molecule has 0 aliphatic carbocycles. The van der Waals surface area contributed by atoms with Gasteiger partial charge in [-0.3, -0.25) is 0 Å². The molecule has 0 fully saturated rings. The van der Waals surface area contributed by atoms with Crippen LogP contribution in [-0.4, -0.2) is 19.6 Å². The van der Waals surface area contributed by atoms with Crippen LogP contribution in [0.3, 0.4) is 0 Å². The highest BCUT2D eigenvalue weighted by Gasteiger charge is 2.12. The molecule has 0 aliphatic rings. The molecule has 4 nitrogen and oxygen atoms in total. The average Bonchev–Trinajstić information content (AvgIpc) is 2.68. The Bertz CT molecular complexity index is 672. The summed E-state index contributed by atoms with van der Waals surface area (Å²) in [7, 11) is 0. The van der Waals surface area contributed by atoms with Crippen LogP contribution in [0.1, 0.15) is 5.82 Å². The zero-order valence-electron chi connectivity index (χ0n) is 7.53. The van der Waals surface area contributed by atoms with Crippen molar-refractivity contribution in [2.75, 3.05) is 0 Å². The number of halogens is 2. The molecule has 76 valence electrons.